The molecule has 1 aliphatic rings. The van der Waals surface area contributed by atoms with Gasteiger partial charge in [-0.3, -0.25) is 0 Å². The van der Waals surface area contributed by atoms with Crippen molar-refractivity contribution in [2.45, 2.75) is 51.6 Å². The van der Waals surface area contributed by atoms with Crippen molar-refractivity contribution >= 4 is 0 Å². The summed E-state index contributed by atoms with van der Waals surface area (Å²) in [6.07, 6.45) is 5.41. The maximum Gasteiger partial charge on any atom is 0.119 e. The average Bonchev–Trinajstić information content (AvgIpc) is 2.48. The van der Waals surface area contributed by atoms with Crippen LogP contribution in [0.1, 0.15) is 51.1 Å². The molecule has 2 N–H and O–H groups in total. The van der Waals surface area contributed by atoms with Gasteiger partial charge in [-0.25, -0.2) is 0 Å². The van der Waals surface area contributed by atoms with Gasteiger partial charge >= 0.3 is 0 Å². The molecule has 3 nitrogen and oxygen atoms in total. The summed E-state index contributed by atoms with van der Waals surface area (Å²) in [5.74, 6) is 1.71. The number of benzene rings is 1. The lowest BCUT2D eigenvalue weighted by Crippen LogP contribution is -2.42. The van der Waals surface area contributed by atoms with E-state index in [4.69, 9.17) is 10.5 Å². The van der Waals surface area contributed by atoms with E-state index >= 15 is 0 Å². The fourth-order valence-electron chi connectivity index (χ4n) is 3.48. The van der Waals surface area contributed by atoms with Gasteiger partial charge < -0.3 is 15.4 Å². The van der Waals surface area contributed by atoms with E-state index < -0.39 is 0 Å². The summed E-state index contributed by atoms with van der Waals surface area (Å²) >= 11 is 0. The van der Waals surface area contributed by atoms with Gasteiger partial charge in [0.2, 0.25) is 0 Å². The van der Waals surface area contributed by atoms with Crippen molar-refractivity contribution in [3.05, 3.63) is 29.8 Å². The van der Waals surface area contributed by atoms with Crippen LogP contribution >= 0.6 is 0 Å². The summed E-state index contributed by atoms with van der Waals surface area (Å²) in [5.41, 5.74) is 7.58. The number of ether oxygens (including phenoxy) is 1. The van der Waals surface area contributed by atoms with Crippen LogP contribution in [0.4, 0.5) is 0 Å². The molecular formula is C18H30N2O. The van der Waals surface area contributed by atoms with Gasteiger partial charge in [0.05, 0.1) is 6.61 Å². The Kier molecular flexibility index (Phi) is 6.07. The summed E-state index contributed by atoms with van der Waals surface area (Å²) in [4.78, 5) is 2.46. The second kappa shape index (κ2) is 7.81. The van der Waals surface area contributed by atoms with Crippen LogP contribution in [0.2, 0.25) is 0 Å². The Bertz CT molecular complexity index is 418. The zero-order valence-corrected chi connectivity index (χ0v) is 13.7. The molecule has 1 aromatic rings. The number of rotatable bonds is 6. The Morgan fingerprint density at radius 3 is 2.52 bits per heavy atom. The minimum absolute atomic E-state index is 0.0693. The maximum atomic E-state index is 6.39. The molecule has 0 bridgehead atoms. The molecule has 1 saturated carbocycles. The summed E-state index contributed by atoms with van der Waals surface area (Å²) < 4.78 is 5.48. The Balaban J connectivity index is 1.91. The highest BCUT2D eigenvalue weighted by Crippen LogP contribution is 2.28. The minimum atomic E-state index is 0.0693. The molecule has 0 aromatic heterocycles. The van der Waals surface area contributed by atoms with Crippen LogP contribution in [0.15, 0.2) is 24.3 Å². The Morgan fingerprint density at radius 2 is 1.90 bits per heavy atom. The fraction of sp³-hybridized carbons (Fsp3) is 0.667. The monoisotopic (exact) mass is 290 g/mol. The van der Waals surface area contributed by atoms with E-state index in [1.807, 2.05) is 19.1 Å². The van der Waals surface area contributed by atoms with Crippen molar-refractivity contribution in [1.82, 2.24) is 4.90 Å². The van der Waals surface area contributed by atoms with Crippen molar-refractivity contribution in [3.8, 4) is 5.75 Å². The summed E-state index contributed by atoms with van der Waals surface area (Å²) in [6.45, 7) is 6.00. The van der Waals surface area contributed by atoms with Crippen LogP contribution in [-0.2, 0) is 0 Å². The molecule has 2 rings (SSSR count). The molecule has 0 amide bonds. The highest BCUT2D eigenvalue weighted by molar-refractivity contribution is 5.29. The maximum absolute atomic E-state index is 6.39. The molecule has 1 aromatic carbocycles. The largest absolute Gasteiger partial charge is 0.494 e. The fourth-order valence-corrected chi connectivity index (χ4v) is 3.48. The molecule has 3 atom stereocenters. The van der Waals surface area contributed by atoms with Crippen molar-refractivity contribution in [2.75, 3.05) is 20.2 Å². The Labute approximate surface area is 129 Å². The zero-order chi connectivity index (χ0) is 15.2. The summed E-state index contributed by atoms with van der Waals surface area (Å²) in [5, 5.41) is 0. The highest BCUT2D eigenvalue weighted by atomic mass is 16.5. The summed E-state index contributed by atoms with van der Waals surface area (Å²) in [6, 6.07) is 8.97. The number of nitrogens with two attached hydrogens (primary N) is 1. The highest BCUT2D eigenvalue weighted by Gasteiger charge is 2.25. The van der Waals surface area contributed by atoms with Crippen molar-refractivity contribution < 1.29 is 4.74 Å². The lowest BCUT2D eigenvalue weighted by atomic mass is 9.85. The quantitative estimate of drug-likeness (QED) is 0.870. The number of hydrogen-bond acceptors (Lipinski definition) is 3. The molecule has 0 saturated heterocycles. The van der Waals surface area contributed by atoms with E-state index in [0.29, 0.717) is 12.6 Å². The lowest BCUT2D eigenvalue weighted by Gasteiger charge is -2.37. The van der Waals surface area contributed by atoms with E-state index in [1.54, 1.807) is 0 Å². The predicted molar refractivity (Wildman–Crippen MR) is 88.6 cm³/mol. The van der Waals surface area contributed by atoms with Gasteiger partial charge in [-0.15, -0.1) is 0 Å². The molecule has 1 fully saturated rings. The predicted octanol–water partition coefficient (Wildman–Crippen LogP) is 3.60. The minimum Gasteiger partial charge on any atom is -0.494 e. The first-order valence-corrected chi connectivity index (χ1v) is 8.30. The molecule has 21 heavy (non-hydrogen) atoms. The Morgan fingerprint density at radius 1 is 1.24 bits per heavy atom. The van der Waals surface area contributed by atoms with Crippen molar-refractivity contribution in [1.29, 1.82) is 0 Å². The SMILES string of the molecule is CCOc1ccc(C(N)CN(C)C2CCCCC2C)cc1. The molecule has 3 heteroatoms. The van der Waals surface area contributed by atoms with Gasteiger partial charge in [0.15, 0.2) is 0 Å². The topological polar surface area (TPSA) is 38.5 Å². The van der Waals surface area contributed by atoms with E-state index in [1.165, 1.54) is 31.2 Å². The van der Waals surface area contributed by atoms with Gasteiger partial charge in [0, 0.05) is 18.6 Å². The van der Waals surface area contributed by atoms with Crippen LogP contribution in [0, 0.1) is 5.92 Å². The molecule has 1 aliphatic carbocycles. The van der Waals surface area contributed by atoms with Crippen molar-refractivity contribution in [2.24, 2.45) is 11.7 Å². The third-order valence-electron chi connectivity index (χ3n) is 4.74. The van der Waals surface area contributed by atoms with Gasteiger partial charge in [0.25, 0.3) is 0 Å². The third-order valence-corrected chi connectivity index (χ3v) is 4.74. The smallest absolute Gasteiger partial charge is 0.119 e. The molecule has 3 unspecified atom stereocenters. The summed E-state index contributed by atoms with van der Waals surface area (Å²) in [7, 11) is 2.22. The van der Waals surface area contributed by atoms with Crippen LogP contribution in [0.5, 0.6) is 5.75 Å². The molecule has 118 valence electrons. The molecule has 0 radical (unpaired) electrons. The average molecular weight is 290 g/mol. The number of nitrogens with zero attached hydrogens (tertiary/aromatic N) is 1. The molecular weight excluding hydrogens is 260 g/mol. The van der Waals surface area contributed by atoms with E-state index in [2.05, 4.69) is 31.0 Å². The van der Waals surface area contributed by atoms with Crippen LogP contribution in [0.3, 0.4) is 0 Å². The first-order chi connectivity index (χ1) is 10.1. The van der Waals surface area contributed by atoms with Crippen LogP contribution in [-0.4, -0.2) is 31.1 Å². The van der Waals surface area contributed by atoms with Gasteiger partial charge in [-0.2, -0.15) is 0 Å². The molecule has 0 aliphatic heterocycles. The number of hydrogen-bond donors (Lipinski definition) is 1. The van der Waals surface area contributed by atoms with Gasteiger partial charge in [0.1, 0.15) is 5.75 Å². The standard InChI is InChI=1S/C18H30N2O/c1-4-21-16-11-9-15(10-12-16)17(19)13-20(3)18-8-6-5-7-14(18)2/h9-12,14,17-18H,4-8,13,19H2,1-3H3. The number of likely N-dealkylation sites (N-methyl/N-ethyl adjacent to an activating group) is 1. The first kappa shape index (κ1) is 16.3. The van der Waals surface area contributed by atoms with Crippen LogP contribution in [0.25, 0.3) is 0 Å². The first-order valence-electron chi connectivity index (χ1n) is 8.30. The van der Waals surface area contributed by atoms with Gasteiger partial charge in [-0.1, -0.05) is 31.9 Å². The second-order valence-electron chi connectivity index (χ2n) is 6.38. The Hall–Kier alpha value is -1.06. The zero-order valence-electron chi connectivity index (χ0n) is 13.7. The second-order valence-corrected chi connectivity index (χ2v) is 6.38. The van der Waals surface area contributed by atoms with Gasteiger partial charge in [-0.05, 0) is 50.4 Å². The normalized spacial score (nSPS) is 24.0. The van der Waals surface area contributed by atoms with E-state index in [-0.39, 0.29) is 6.04 Å². The molecule has 0 spiro atoms. The van der Waals surface area contributed by atoms with E-state index in [0.717, 1.165) is 18.2 Å². The van der Waals surface area contributed by atoms with Crippen molar-refractivity contribution in [3.63, 3.8) is 0 Å². The van der Waals surface area contributed by atoms with E-state index in [9.17, 15) is 0 Å². The third kappa shape index (κ3) is 4.45. The molecule has 0 heterocycles. The van der Waals surface area contributed by atoms with Crippen LogP contribution < -0.4 is 10.5 Å². The lowest BCUT2D eigenvalue weighted by molar-refractivity contribution is 0.133.